The number of halogens is 2. The van der Waals surface area contributed by atoms with Gasteiger partial charge < -0.3 is 14.5 Å². The minimum atomic E-state index is -0.426. The van der Waals surface area contributed by atoms with E-state index in [9.17, 15) is 9.18 Å². The quantitative estimate of drug-likeness (QED) is 0.440. The van der Waals surface area contributed by atoms with Crippen LogP contribution in [0.1, 0.15) is 11.1 Å². The molecule has 0 aromatic heterocycles. The highest BCUT2D eigenvalue weighted by Crippen LogP contribution is 2.32. The molecule has 0 unspecified atom stereocenters. The Morgan fingerprint density at radius 3 is 2.56 bits per heavy atom. The molecule has 0 N–H and O–H groups in total. The van der Waals surface area contributed by atoms with Crippen molar-refractivity contribution >= 4 is 35.2 Å². The van der Waals surface area contributed by atoms with Crippen LogP contribution in [0.2, 0.25) is 5.02 Å². The van der Waals surface area contributed by atoms with E-state index in [2.05, 4.69) is 16.8 Å². The normalized spacial score (nSPS) is 15.7. The van der Waals surface area contributed by atoms with Crippen LogP contribution in [0.25, 0.3) is 11.6 Å². The molecule has 142 valence electrons. The van der Waals surface area contributed by atoms with Crippen LogP contribution in [-0.2, 0) is 4.79 Å². The largest absolute Gasteiger partial charge is 0.496 e. The fourth-order valence-electron chi connectivity index (χ4n) is 3.14. The molecule has 1 heterocycles. The molecule has 1 saturated heterocycles. The van der Waals surface area contributed by atoms with Crippen LogP contribution in [-0.4, -0.2) is 51.5 Å². The van der Waals surface area contributed by atoms with Gasteiger partial charge >= 0.3 is 0 Å². The van der Waals surface area contributed by atoms with Gasteiger partial charge in [0.2, 0.25) is 0 Å². The maximum absolute atomic E-state index is 14.9. The molecular weight excluding hydrogens is 367 g/mol. The SMILES string of the molecule is COc1cc(N2CCN(C)CC2)cc(F)c1/C=C(\C=O)c1cccc(Cl)c1. The number of aldehydes is 1. The van der Waals surface area contributed by atoms with E-state index < -0.39 is 5.82 Å². The fourth-order valence-corrected chi connectivity index (χ4v) is 3.33. The van der Waals surface area contributed by atoms with E-state index in [1.807, 2.05) is 6.07 Å². The molecule has 0 radical (unpaired) electrons. The first-order valence-electron chi connectivity index (χ1n) is 8.75. The predicted octanol–water partition coefficient (Wildman–Crippen LogP) is 3.98. The number of allylic oxidation sites excluding steroid dienone is 1. The minimum Gasteiger partial charge on any atom is -0.496 e. The number of hydrogen-bond donors (Lipinski definition) is 0. The summed E-state index contributed by atoms with van der Waals surface area (Å²) in [5.74, 6) is -0.0324. The average Bonchev–Trinajstić information content (AvgIpc) is 2.67. The van der Waals surface area contributed by atoms with Gasteiger partial charge in [-0.3, -0.25) is 4.79 Å². The van der Waals surface area contributed by atoms with Gasteiger partial charge in [-0.1, -0.05) is 23.7 Å². The van der Waals surface area contributed by atoms with Crippen molar-refractivity contribution in [2.45, 2.75) is 0 Å². The lowest BCUT2D eigenvalue weighted by Crippen LogP contribution is -2.44. The summed E-state index contributed by atoms with van der Waals surface area (Å²) in [5, 5.41) is 0.512. The summed E-state index contributed by atoms with van der Waals surface area (Å²) in [7, 11) is 3.57. The Labute approximate surface area is 163 Å². The molecule has 0 amide bonds. The molecule has 1 aliphatic heterocycles. The van der Waals surface area contributed by atoms with E-state index in [1.54, 1.807) is 24.3 Å². The number of nitrogens with zero attached hydrogens (tertiary/aromatic N) is 2. The van der Waals surface area contributed by atoms with Crippen molar-refractivity contribution in [2.24, 2.45) is 0 Å². The smallest absolute Gasteiger partial charge is 0.150 e. The van der Waals surface area contributed by atoms with Gasteiger partial charge in [-0.2, -0.15) is 0 Å². The summed E-state index contributed by atoms with van der Waals surface area (Å²) < 4.78 is 20.3. The Morgan fingerprint density at radius 2 is 1.93 bits per heavy atom. The molecule has 0 atom stereocenters. The first-order chi connectivity index (χ1) is 13.0. The molecule has 1 aliphatic rings. The van der Waals surface area contributed by atoms with Crippen molar-refractivity contribution in [1.82, 2.24) is 4.90 Å². The van der Waals surface area contributed by atoms with Crippen molar-refractivity contribution in [3.63, 3.8) is 0 Å². The molecule has 4 nitrogen and oxygen atoms in total. The zero-order valence-electron chi connectivity index (χ0n) is 15.4. The molecule has 2 aromatic carbocycles. The lowest BCUT2D eigenvalue weighted by molar-refractivity contribution is -0.103. The van der Waals surface area contributed by atoms with Crippen molar-refractivity contribution in [1.29, 1.82) is 0 Å². The topological polar surface area (TPSA) is 32.8 Å². The number of likely N-dealkylation sites (N-methyl/N-ethyl adjacent to an activating group) is 1. The van der Waals surface area contributed by atoms with Gasteiger partial charge in [-0.05, 0) is 36.9 Å². The van der Waals surface area contributed by atoms with Gasteiger partial charge in [0, 0.05) is 48.5 Å². The maximum Gasteiger partial charge on any atom is 0.150 e. The van der Waals surface area contributed by atoms with Crippen LogP contribution in [0.3, 0.4) is 0 Å². The average molecular weight is 389 g/mol. The summed E-state index contributed by atoms with van der Waals surface area (Å²) in [4.78, 5) is 16.0. The van der Waals surface area contributed by atoms with Crippen molar-refractivity contribution in [3.05, 3.63) is 58.4 Å². The van der Waals surface area contributed by atoms with Crippen LogP contribution in [0, 0.1) is 5.82 Å². The molecule has 3 rings (SSSR count). The Balaban J connectivity index is 1.98. The van der Waals surface area contributed by atoms with E-state index in [-0.39, 0.29) is 5.56 Å². The molecule has 2 aromatic rings. The summed E-state index contributed by atoms with van der Waals surface area (Å²) >= 11 is 6.00. The molecule has 0 bridgehead atoms. The third-order valence-electron chi connectivity index (χ3n) is 4.75. The number of carbonyl (C=O) groups is 1. The van der Waals surface area contributed by atoms with Crippen LogP contribution in [0.4, 0.5) is 10.1 Å². The fraction of sp³-hybridized carbons (Fsp3) is 0.286. The summed E-state index contributed by atoms with van der Waals surface area (Å²) in [6, 6.07) is 10.2. The van der Waals surface area contributed by atoms with E-state index >= 15 is 0 Å². The van der Waals surface area contributed by atoms with Crippen molar-refractivity contribution < 1.29 is 13.9 Å². The van der Waals surface area contributed by atoms with E-state index in [1.165, 1.54) is 19.3 Å². The number of carbonyl (C=O) groups excluding carboxylic acids is 1. The number of rotatable bonds is 5. The van der Waals surface area contributed by atoms with Gasteiger partial charge in [0.15, 0.2) is 6.29 Å². The van der Waals surface area contributed by atoms with Gasteiger partial charge in [0.05, 0.1) is 12.7 Å². The summed E-state index contributed by atoms with van der Waals surface area (Å²) in [6.45, 7) is 3.51. The lowest BCUT2D eigenvalue weighted by Gasteiger charge is -2.34. The highest BCUT2D eigenvalue weighted by Gasteiger charge is 2.18. The van der Waals surface area contributed by atoms with E-state index in [4.69, 9.17) is 16.3 Å². The molecule has 1 fully saturated rings. The van der Waals surface area contributed by atoms with E-state index in [0.717, 1.165) is 31.9 Å². The van der Waals surface area contributed by atoms with Gasteiger partial charge in [-0.15, -0.1) is 0 Å². The first kappa shape index (κ1) is 19.4. The van der Waals surface area contributed by atoms with Crippen LogP contribution in [0.15, 0.2) is 36.4 Å². The Morgan fingerprint density at radius 1 is 1.19 bits per heavy atom. The molecular formula is C21H22ClFN2O2. The molecule has 6 heteroatoms. The highest BCUT2D eigenvalue weighted by molar-refractivity contribution is 6.31. The highest BCUT2D eigenvalue weighted by atomic mass is 35.5. The number of piperazine rings is 1. The molecule has 0 aliphatic carbocycles. The predicted molar refractivity (Wildman–Crippen MR) is 108 cm³/mol. The number of benzene rings is 2. The second-order valence-corrected chi connectivity index (χ2v) is 7.00. The maximum atomic E-state index is 14.9. The third-order valence-corrected chi connectivity index (χ3v) is 4.98. The van der Waals surface area contributed by atoms with Crippen molar-refractivity contribution in [3.8, 4) is 5.75 Å². The standard InChI is InChI=1S/C21H22ClFN2O2/c1-24-6-8-25(9-7-24)18-12-20(23)19(21(13-18)27-2)11-16(14-26)15-4-3-5-17(22)10-15/h3-5,10-14H,6-9H2,1-2H3/b16-11+. The number of methoxy groups -OCH3 is 1. The summed E-state index contributed by atoms with van der Waals surface area (Å²) in [6.07, 6.45) is 2.19. The molecule has 0 spiro atoms. The summed E-state index contributed by atoms with van der Waals surface area (Å²) in [5.41, 5.74) is 1.99. The molecule has 0 saturated carbocycles. The van der Waals surface area contributed by atoms with Crippen LogP contribution in [0.5, 0.6) is 5.75 Å². The second kappa shape index (κ2) is 8.55. The minimum absolute atomic E-state index is 0.248. The van der Waals surface area contributed by atoms with Gasteiger partial charge in [0.25, 0.3) is 0 Å². The van der Waals surface area contributed by atoms with E-state index in [0.29, 0.717) is 28.2 Å². The Bertz CT molecular complexity index is 861. The Kier molecular flexibility index (Phi) is 6.14. The zero-order chi connectivity index (χ0) is 19.4. The number of hydrogen-bond acceptors (Lipinski definition) is 4. The third kappa shape index (κ3) is 4.49. The van der Waals surface area contributed by atoms with Gasteiger partial charge in [0.1, 0.15) is 11.6 Å². The van der Waals surface area contributed by atoms with Crippen LogP contribution < -0.4 is 9.64 Å². The van der Waals surface area contributed by atoms with Crippen molar-refractivity contribution in [2.75, 3.05) is 45.2 Å². The zero-order valence-corrected chi connectivity index (χ0v) is 16.2. The second-order valence-electron chi connectivity index (χ2n) is 6.56. The lowest BCUT2D eigenvalue weighted by atomic mass is 10.0. The van der Waals surface area contributed by atoms with Gasteiger partial charge in [-0.25, -0.2) is 4.39 Å². The molecule has 27 heavy (non-hydrogen) atoms. The monoisotopic (exact) mass is 388 g/mol. The first-order valence-corrected chi connectivity index (χ1v) is 9.13. The van der Waals surface area contributed by atoms with Crippen LogP contribution >= 0.6 is 11.6 Å². The number of ether oxygens (including phenoxy) is 1. The Hall–Kier alpha value is -2.37. The number of anilines is 1.